The Morgan fingerprint density at radius 3 is 2.17 bits per heavy atom. The lowest BCUT2D eigenvalue weighted by molar-refractivity contribution is -0.141. The van der Waals surface area contributed by atoms with Crippen molar-refractivity contribution in [2.75, 3.05) is 0 Å². The Hall–Kier alpha value is -2.62. The van der Waals surface area contributed by atoms with Crippen LogP contribution in [0.1, 0.15) is 55.0 Å². The van der Waals surface area contributed by atoms with Crippen LogP contribution in [0, 0.1) is 20.8 Å². The minimum atomic E-state index is -0.490. The second-order valence-electron chi connectivity index (χ2n) is 8.21. The van der Waals surface area contributed by atoms with E-state index in [0.29, 0.717) is 19.4 Å². The zero-order valence-corrected chi connectivity index (χ0v) is 18.6. The third-order valence-corrected chi connectivity index (χ3v) is 5.06. The molecule has 2 rings (SSSR count). The summed E-state index contributed by atoms with van der Waals surface area (Å²) in [7, 11) is 0. The Labute approximate surface area is 175 Å². The summed E-state index contributed by atoms with van der Waals surface area (Å²) < 4.78 is 0. The largest absolute Gasteiger partial charge is 0.352 e. The van der Waals surface area contributed by atoms with Crippen LogP contribution < -0.4 is 5.32 Å². The topological polar surface area (TPSA) is 49.4 Å². The first-order valence-electron chi connectivity index (χ1n) is 10.4. The van der Waals surface area contributed by atoms with Crippen LogP contribution in [0.2, 0.25) is 0 Å². The first-order chi connectivity index (χ1) is 13.7. The summed E-state index contributed by atoms with van der Waals surface area (Å²) in [6.07, 6.45) is 0.864. The van der Waals surface area contributed by atoms with Gasteiger partial charge in [0.05, 0.1) is 6.42 Å². The number of hydrogen-bond acceptors (Lipinski definition) is 2. The molecule has 1 N–H and O–H groups in total. The van der Waals surface area contributed by atoms with Crippen molar-refractivity contribution in [2.24, 2.45) is 0 Å². The van der Waals surface area contributed by atoms with Crippen LogP contribution in [0.15, 0.2) is 42.5 Å². The summed E-state index contributed by atoms with van der Waals surface area (Å²) in [4.78, 5) is 28.0. The lowest BCUT2D eigenvalue weighted by Gasteiger charge is -2.31. The Balaban J connectivity index is 2.35. The number of carbonyl (C=O) groups excluding carboxylic acids is 2. The number of rotatable bonds is 8. The standard InChI is InChI=1S/C25H34N2O2/c1-7-23(25(29)26-17(2)3)27(16-22-11-9-8-10-20(22)6)24(28)15-21-13-18(4)12-19(5)14-21/h8-14,17,23H,7,15-16H2,1-6H3,(H,26,29)/t23-/m0/s1. The number of benzene rings is 2. The quantitative estimate of drug-likeness (QED) is 0.717. The van der Waals surface area contributed by atoms with E-state index in [1.165, 1.54) is 0 Å². The molecule has 29 heavy (non-hydrogen) atoms. The molecule has 2 amide bonds. The molecule has 0 bridgehead atoms. The minimum absolute atomic E-state index is 0.0241. The average molecular weight is 395 g/mol. The van der Waals surface area contributed by atoms with Crippen LogP contribution in [-0.2, 0) is 22.6 Å². The van der Waals surface area contributed by atoms with Crippen LogP contribution in [0.25, 0.3) is 0 Å². The molecule has 4 heteroatoms. The number of aryl methyl sites for hydroxylation is 3. The second-order valence-corrected chi connectivity index (χ2v) is 8.21. The molecule has 4 nitrogen and oxygen atoms in total. The molecule has 0 radical (unpaired) electrons. The van der Waals surface area contributed by atoms with E-state index in [2.05, 4.69) is 11.4 Å². The molecule has 0 saturated heterocycles. The fourth-order valence-electron chi connectivity index (χ4n) is 3.72. The van der Waals surface area contributed by atoms with Gasteiger partial charge < -0.3 is 10.2 Å². The molecule has 156 valence electrons. The molecule has 0 unspecified atom stereocenters. The maximum atomic E-state index is 13.4. The van der Waals surface area contributed by atoms with Crippen LogP contribution in [0.3, 0.4) is 0 Å². The predicted octanol–water partition coefficient (Wildman–Crippen LogP) is 4.49. The van der Waals surface area contributed by atoms with Gasteiger partial charge in [-0.1, -0.05) is 60.5 Å². The van der Waals surface area contributed by atoms with E-state index in [1.54, 1.807) is 4.90 Å². The van der Waals surface area contributed by atoms with Gasteiger partial charge in [-0.2, -0.15) is 0 Å². The number of nitrogens with zero attached hydrogens (tertiary/aromatic N) is 1. The molecule has 2 aromatic carbocycles. The van der Waals surface area contributed by atoms with Gasteiger partial charge in [0.25, 0.3) is 0 Å². The maximum Gasteiger partial charge on any atom is 0.243 e. The van der Waals surface area contributed by atoms with Crippen molar-refractivity contribution < 1.29 is 9.59 Å². The Kier molecular flexibility index (Phi) is 8.00. The van der Waals surface area contributed by atoms with Gasteiger partial charge in [-0.05, 0) is 57.7 Å². The predicted molar refractivity (Wildman–Crippen MR) is 119 cm³/mol. The fraction of sp³-hybridized carbons (Fsp3) is 0.440. The molecule has 0 aliphatic heterocycles. The monoisotopic (exact) mass is 394 g/mol. The van der Waals surface area contributed by atoms with E-state index in [1.807, 2.05) is 77.9 Å². The van der Waals surface area contributed by atoms with Crippen LogP contribution in [0.4, 0.5) is 0 Å². The second kappa shape index (κ2) is 10.2. The number of hydrogen-bond donors (Lipinski definition) is 1. The molecule has 0 spiro atoms. The Bertz CT molecular complexity index is 837. The highest BCUT2D eigenvalue weighted by Crippen LogP contribution is 2.18. The van der Waals surface area contributed by atoms with Crippen LogP contribution in [0.5, 0.6) is 0 Å². The van der Waals surface area contributed by atoms with Crippen LogP contribution >= 0.6 is 0 Å². The van der Waals surface area contributed by atoms with Gasteiger partial charge >= 0.3 is 0 Å². The fourth-order valence-corrected chi connectivity index (χ4v) is 3.72. The number of carbonyl (C=O) groups is 2. The smallest absolute Gasteiger partial charge is 0.243 e. The van der Waals surface area contributed by atoms with Gasteiger partial charge in [0.2, 0.25) is 11.8 Å². The molecule has 0 saturated carbocycles. The van der Waals surface area contributed by atoms with E-state index in [9.17, 15) is 9.59 Å². The lowest BCUT2D eigenvalue weighted by Crippen LogP contribution is -2.50. The van der Waals surface area contributed by atoms with Crippen molar-refractivity contribution in [1.29, 1.82) is 0 Å². The van der Waals surface area contributed by atoms with Crippen molar-refractivity contribution in [1.82, 2.24) is 10.2 Å². The normalized spacial score (nSPS) is 12.0. The maximum absolute atomic E-state index is 13.4. The molecular formula is C25H34N2O2. The Morgan fingerprint density at radius 2 is 1.62 bits per heavy atom. The molecule has 0 aromatic heterocycles. The molecule has 0 heterocycles. The summed E-state index contributed by atoms with van der Waals surface area (Å²) in [6, 6.07) is 13.8. The third kappa shape index (κ3) is 6.45. The molecular weight excluding hydrogens is 360 g/mol. The van der Waals surface area contributed by atoms with E-state index in [0.717, 1.165) is 27.8 Å². The molecule has 0 aliphatic carbocycles. The van der Waals surface area contributed by atoms with Crippen molar-refractivity contribution in [3.05, 3.63) is 70.3 Å². The van der Waals surface area contributed by atoms with Crippen LogP contribution in [-0.4, -0.2) is 28.8 Å². The van der Waals surface area contributed by atoms with Gasteiger partial charge in [-0.3, -0.25) is 9.59 Å². The first-order valence-corrected chi connectivity index (χ1v) is 10.4. The highest BCUT2D eigenvalue weighted by molar-refractivity contribution is 5.88. The van der Waals surface area contributed by atoms with Crippen molar-refractivity contribution in [2.45, 2.75) is 73.0 Å². The summed E-state index contributed by atoms with van der Waals surface area (Å²) >= 11 is 0. The SMILES string of the molecule is CC[C@@H](C(=O)NC(C)C)N(Cc1ccccc1C)C(=O)Cc1cc(C)cc(C)c1. The zero-order chi connectivity index (χ0) is 21.6. The molecule has 0 fully saturated rings. The number of nitrogens with one attached hydrogen (secondary N) is 1. The number of amides is 2. The average Bonchev–Trinajstić information content (AvgIpc) is 2.61. The van der Waals surface area contributed by atoms with E-state index in [4.69, 9.17) is 0 Å². The van der Waals surface area contributed by atoms with Gasteiger partial charge in [-0.25, -0.2) is 0 Å². The summed E-state index contributed by atoms with van der Waals surface area (Å²) in [5.74, 6) is -0.117. The highest BCUT2D eigenvalue weighted by Gasteiger charge is 2.29. The van der Waals surface area contributed by atoms with Crippen molar-refractivity contribution in [3.63, 3.8) is 0 Å². The van der Waals surface area contributed by atoms with Crippen molar-refractivity contribution in [3.8, 4) is 0 Å². The van der Waals surface area contributed by atoms with Gasteiger partial charge in [0.15, 0.2) is 0 Å². The van der Waals surface area contributed by atoms with Crippen molar-refractivity contribution >= 4 is 11.8 Å². The van der Waals surface area contributed by atoms with E-state index >= 15 is 0 Å². The van der Waals surface area contributed by atoms with E-state index < -0.39 is 6.04 Å². The van der Waals surface area contributed by atoms with Gasteiger partial charge in [0.1, 0.15) is 6.04 Å². The zero-order valence-electron chi connectivity index (χ0n) is 18.6. The molecule has 2 aromatic rings. The summed E-state index contributed by atoms with van der Waals surface area (Å²) in [5, 5.41) is 2.98. The van der Waals surface area contributed by atoms with E-state index in [-0.39, 0.29) is 17.9 Å². The minimum Gasteiger partial charge on any atom is -0.352 e. The summed E-state index contributed by atoms with van der Waals surface area (Å²) in [6.45, 7) is 12.4. The third-order valence-electron chi connectivity index (χ3n) is 5.06. The molecule has 0 aliphatic rings. The summed E-state index contributed by atoms with van der Waals surface area (Å²) in [5.41, 5.74) is 5.46. The lowest BCUT2D eigenvalue weighted by atomic mass is 10.0. The molecule has 1 atom stereocenters. The first kappa shape index (κ1) is 22.7. The van der Waals surface area contributed by atoms with Gasteiger partial charge in [-0.15, -0.1) is 0 Å². The highest BCUT2D eigenvalue weighted by atomic mass is 16.2. The van der Waals surface area contributed by atoms with Gasteiger partial charge in [0, 0.05) is 12.6 Å². The Morgan fingerprint density at radius 1 is 1.00 bits per heavy atom.